The summed E-state index contributed by atoms with van der Waals surface area (Å²) in [6.45, 7) is 3.35. The molecular weight excluding hydrogens is 238 g/mol. The predicted molar refractivity (Wildman–Crippen MR) is 51.4 cm³/mol. The third-order valence-corrected chi connectivity index (χ3v) is 2.17. The van der Waals surface area contributed by atoms with E-state index in [0.717, 1.165) is 0 Å². The smallest absolute Gasteiger partial charge is 0.870 e. The van der Waals surface area contributed by atoms with Crippen molar-refractivity contribution < 1.29 is 66.0 Å². The number of rotatable bonds is 1. The van der Waals surface area contributed by atoms with E-state index in [-0.39, 0.29) is 68.4 Å². The van der Waals surface area contributed by atoms with Crippen molar-refractivity contribution in [2.24, 2.45) is 0 Å². The second kappa shape index (κ2) is 5.99. The summed E-state index contributed by atoms with van der Waals surface area (Å²) >= 11 is 0. The van der Waals surface area contributed by atoms with Gasteiger partial charge in [0.2, 0.25) is 0 Å². The Morgan fingerprint density at radius 1 is 1.44 bits per heavy atom. The van der Waals surface area contributed by atoms with Crippen LogP contribution in [-0.2, 0) is 4.79 Å². The van der Waals surface area contributed by atoms with Gasteiger partial charge in [0.05, 0.1) is 0 Å². The Hall–Kier alpha value is -0.114. The molecule has 0 spiro atoms. The molecule has 0 amide bonds. The van der Waals surface area contributed by atoms with Gasteiger partial charge in [-0.05, 0) is 18.6 Å². The number of aromatic nitrogens is 2. The summed E-state index contributed by atoms with van der Waals surface area (Å²) in [5.74, 6) is -0.355. The van der Waals surface area contributed by atoms with Crippen LogP contribution >= 0.6 is 0 Å². The summed E-state index contributed by atoms with van der Waals surface area (Å²) in [5.41, 5.74) is 1.92. The zero-order chi connectivity index (χ0) is 10.3. The summed E-state index contributed by atoms with van der Waals surface area (Å²) < 4.78 is 14.6. The van der Waals surface area contributed by atoms with Gasteiger partial charge in [-0.2, -0.15) is 0 Å². The summed E-state index contributed by atoms with van der Waals surface area (Å²) in [6.07, 6.45) is 3.00. The van der Waals surface area contributed by atoms with E-state index in [0.29, 0.717) is 16.9 Å². The maximum Gasteiger partial charge on any atom is 1.00 e. The number of nitrogens with zero attached hydrogens (tertiary/aromatic N) is 2. The largest absolute Gasteiger partial charge is 1.00 e. The molecule has 0 aliphatic carbocycles. The van der Waals surface area contributed by atoms with Crippen LogP contribution in [-0.4, -0.2) is 21.1 Å². The second-order valence-corrected chi connectivity index (χ2v) is 3.18. The summed E-state index contributed by atoms with van der Waals surface area (Å²) in [6, 6.07) is 1.60. The maximum absolute atomic E-state index is 13.2. The van der Waals surface area contributed by atoms with Crippen molar-refractivity contribution in [3.63, 3.8) is 0 Å². The molecule has 0 radical (unpaired) electrons. The quantitative estimate of drug-likeness (QED) is 0.449. The minimum Gasteiger partial charge on any atom is -0.870 e. The predicted octanol–water partition coefficient (Wildman–Crippen LogP) is -1.62. The van der Waals surface area contributed by atoms with Gasteiger partial charge >= 0.3 is 51.4 Å². The first-order valence-corrected chi connectivity index (χ1v) is 4.16. The van der Waals surface area contributed by atoms with Gasteiger partial charge in [-0.15, -0.1) is 0 Å². The summed E-state index contributed by atoms with van der Waals surface area (Å²) in [4.78, 5) is 14.7. The Balaban J connectivity index is 0.00000112. The van der Waals surface area contributed by atoms with E-state index in [1.807, 2.05) is 0 Å². The molecule has 0 saturated carbocycles. The molecule has 2 aromatic heterocycles. The van der Waals surface area contributed by atoms with Gasteiger partial charge < -0.3 is 19.7 Å². The van der Waals surface area contributed by atoms with Crippen molar-refractivity contribution >= 4 is 11.9 Å². The SMILES string of the molecule is Cc1cc2nc(C)c([C-]=O)n2cc1F.[K+].[OH-]. The molecular formula is C10H9FKN2O2-. The maximum atomic E-state index is 13.2. The monoisotopic (exact) mass is 247 g/mol. The molecule has 0 atom stereocenters. The zero-order valence-electron chi connectivity index (χ0n) is 9.28. The Kier molecular flexibility index (Phi) is 5.95. The average Bonchev–Trinajstić information content (AvgIpc) is 2.42. The molecule has 2 heterocycles. The molecule has 0 aromatic carbocycles. The molecule has 0 unspecified atom stereocenters. The number of hydrogen-bond acceptors (Lipinski definition) is 3. The molecule has 1 N–H and O–H groups in total. The first kappa shape index (κ1) is 15.9. The van der Waals surface area contributed by atoms with Crippen LogP contribution < -0.4 is 51.4 Å². The number of imidazole rings is 1. The zero-order valence-corrected chi connectivity index (χ0v) is 12.4. The Labute approximate surface area is 135 Å². The van der Waals surface area contributed by atoms with Crippen molar-refractivity contribution in [3.8, 4) is 0 Å². The molecule has 0 aliphatic heterocycles. The number of halogens is 1. The first-order chi connectivity index (χ1) is 6.63. The van der Waals surface area contributed by atoms with Gasteiger partial charge in [0.1, 0.15) is 11.5 Å². The van der Waals surface area contributed by atoms with Crippen LogP contribution in [0.5, 0.6) is 0 Å². The van der Waals surface area contributed by atoms with E-state index < -0.39 is 0 Å². The fourth-order valence-corrected chi connectivity index (χ4v) is 1.40. The van der Waals surface area contributed by atoms with Gasteiger partial charge in [0.25, 0.3) is 0 Å². The molecule has 0 fully saturated rings. The normalized spacial score (nSPS) is 9.44. The van der Waals surface area contributed by atoms with Gasteiger partial charge in [0, 0.05) is 12.5 Å². The average molecular weight is 247 g/mol. The second-order valence-electron chi connectivity index (χ2n) is 3.18. The van der Waals surface area contributed by atoms with E-state index >= 15 is 0 Å². The van der Waals surface area contributed by atoms with Crippen LogP contribution in [0.4, 0.5) is 4.39 Å². The van der Waals surface area contributed by atoms with Gasteiger partial charge in [-0.3, -0.25) is 0 Å². The molecule has 4 nitrogen and oxygen atoms in total. The molecule has 0 saturated heterocycles. The number of pyridine rings is 1. The minimum atomic E-state index is -0.355. The van der Waals surface area contributed by atoms with Gasteiger partial charge in [0.15, 0.2) is 0 Å². The third-order valence-electron chi connectivity index (χ3n) is 2.17. The van der Waals surface area contributed by atoms with Crippen molar-refractivity contribution in [1.82, 2.24) is 9.38 Å². The summed E-state index contributed by atoms with van der Waals surface area (Å²) in [7, 11) is 0. The molecule has 6 heteroatoms. The van der Waals surface area contributed by atoms with Crippen molar-refractivity contribution in [1.29, 1.82) is 0 Å². The standard InChI is InChI=1S/C10H8FN2O.K.H2O/c1-6-3-10-12-7(2)9(5-14)13(10)4-8(6)11;;/h3-4H,1-2H3;;1H2/q-1;+1;/p-1. The molecule has 2 rings (SSSR count). The van der Waals surface area contributed by atoms with Crippen LogP contribution in [0, 0.1) is 19.7 Å². The van der Waals surface area contributed by atoms with E-state index in [9.17, 15) is 9.18 Å². The van der Waals surface area contributed by atoms with Crippen LogP contribution in [0.1, 0.15) is 17.0 Å². The van der Waals surface area contributed by atoms with Crippen molar-refractivity contribution in [2.45, 2.75) is 13.8 Å². The molecule has 0 aliphatic rings. The third kappa shape index (κ3) is 2.58. The Morgan fingerprint density at radius 3 is 2.62 bits per heavy atom. The fourth-order valence-electron chi connectivity index (χ4n) is 1.40. The number of carbonyl (C=O) groups excluding carboxylic acids is 1. The van der Waals surface area contributed by atoms with Crippen LogP contribution in [0.3, 0.4) is 0 Å². The van der Waals surface area contributed by atoms with Gasteiger partial charge in [-0.25, -0.2) is 4.39 Å². The number of hydrogen-bond donors (Lipinski definition) is 0. The Morgan fingerprint density at radius 2 is 2.06 bits per heavy atom. The number of aryl methyl sites for hydroxylation is 2. The van der Waals surface area contributed by atoms with E-state index in [1.54, 1.807) is 26.2 Å². The van der Waals surface area contributed by atoms with Crippen LogP contribution in [0.15, 0.2) is 12.3 Å². The number of fused-ring (bicyclic) bond motifs is 1. The topological polar surface area (TPSA) is 64.4 Å². The molecule has 80 valence electrons. The molecule has 16 heavy (non-hydrogen) atoms. The van der Waals surface area contributed by atoms with Crippen molar-refractivity contribution in [3.05, 3.63) is 35.0 Å². The molecule has 0 bridgehead atoms. The molecule has 2 aromatic rings. The van der Waals surface area contributed by atoms with Crippen molar-refractivity contribution in [2.75, 3.05) is 0 Å². The van der Waals surface area contributed by atoms with E-state index in [1.165, 1.54) is 10.6 Å². The Bertz CT molecular complexity index is 525. The van der Waals surface area contributed by atoms with E-state index in [4.69, 9.17) is 0 Å². The van der Waals surface area contributed by atoms with Crippen LogP contribution in [0.2, 0.25) is 0 Å². The van der Waals surface area contributed by atoms with Gasteiger partial charge in [-0.1, -0.05) is 18.3 Å². The first-order valence-electron chi connectivity index (χ1n) is 4.16. The van der Waals surface area contributed by atoms with E-state index in [2.05, 4.69) is 4.98 Å². The fraction of sp³-hybridized carbons (Fsp3) is 0.200. The summed E-state index contributed by atoms with van der Waals surface area (Å²) in [5, 5.41) is 0. The minimum absolute atomic E-state index is 0. The van der Waals surface area contributed by atoms with Crippen LogP contribution in [0.25, 0.3) is 5.65 Å².